The first-order valence-electron chi connectivity index (χ1n) is 9.86. The minimum Gasteiger partial charge on any atom is -0.444 e. The molecule has 0 spiro atoms. The lowest BCUT2D eigenvalue weighted by atomic mass is 10.2. The van der Waals surface area contributed by atoms with Crippen molar-refractivity contribution in [2.75, 3.05) is 55.3 Å². The topological polar surface area (TPSA) is 70.2 Å². The molecule has 2 heterocycles. The van der Waals surface area contributed by atoms with Crippen LogP contribution in [0.5, 0.6) is 0 Å². The van der Waals surface area contributed by atoms with E-state index in [1.807, 2.05) is 26.8 Å². The minimum atomic E-state index is -3.25. The molecule has 0 radical (unpaired) electrons. The normalized spacial score (nSPS) is 18.5. The third-order valence-electron chi connectivity index (χ3n) is 5.09. The Morgan fingerprint density at radius 1 is 0.929 bits per heavy atom. The summed E-state index contributed by atoms with van der Waals surface area (Å²) in [6.45, 7) is 10.0. The zero-order valence-corrected chi connectivity index (χ0v) is 18.1. The Kier molecular flexibility index (Phi) is 5.79. The van der Waals surface area contributed by atoms with Crippen LogP contribution in [0.1, 0.15) is 33.6 Å². The highest BCUT2D eigenvalue weighted by Crippen LogP contribution is 2.34. The van der Waals surface area contributed by atoms with Crippen molar-refractivity contribution in [1.82, 2.24) is 4.90 Å². The highest BCUT2D eigenvalue weighted by Gasteiger charge is 2.28. The number of hydrogen-bond donors (Lipinski definition) is 0. The quantitative estimate of drug-likeness (QED) is 0.765. The number of sulfone groups is 1. The average Bonchev–Trinajstić information content (AvgIpc) is 3.13. The number of amides is 1. The second kappa shape index (κ2) is 7.81. The third kappa shape index (κ3) is 4.90. The molecule has 0 saturated carbocycles. The molecule has 7 nitrogen and oxygen atoms in total. The van der Waals surface area contributed by atoms with Crippen molar-refractivity contribution in [3.63, 3.8) is 0 Å². The summed E-state index contributed by atoms with van der Waals surface area (Å²) in [5.41, 5.74) is 1.52. The number of carbonyl (C=O) groups is 1. The first-order chi connectivity index (χ1) is 13.0. The Labute approximate surface area is 168 Å². The van der Waals surface area contributed by atoms with E-state index in [4.69, 9.17) is 4.74 Å². The van der Waals surface area contributed by atoms with Crippen LogP contribution in [0.2, 0.25) is 0 Å². The minimum absolute atomic E-state index is 0.278. The molecule has 8 heteroatoms. The molecular formula is C20H31N3O4S. The molecule has 0 N–H and O–H groups in total. The fourth-order valence-electron chi connectivity index (χ4n) is 3.67. The standard InChI is InChI=1S/C20H31N3O4S/c1-20(2,3)27-19(24)23-13-11-22(12-14-23)17-8-7-16(28(4,25)26)15-18(17)21-9-5-6-10-21/h7-8,15H,5-6,9-14H2,1-4H3. The van der Waals surface area contributed by atoms with Crippen LogP contribution in [0, 0.1) is 0 Å². The third-order valence-corrected chi connectivity index (χ3v) is 6.20. The summed E-state index contributed by atoms with van der Waals surface area (Å²) in [6.07, 6.45) is 3.21. The Bertz CT molecular complexity index is 818. The van der Waals surface area contributed by atoms with Gasteiger partial charge in [-0.05, 0) is 51.8 Å². The molecular weight excluding hydrogens is 378 g/mol. The maximum atomic E-state index is 12.3. The predicted octanol–water partition coefficient (Wildman–Crippen LogP) is 2.75. The Morgan fingerprint density at radius 2 is 1.50 bits per heavy atom. The Morgan fingerprint density at radius 3 is 2.04 bits per heavy atom. The van der Waals surface area contributed by atoms with Gasteiger partial charge in [-0.25, -0.2) is 13.2 Å². The molecule has 0 unspecified atom stereocenters. The van der Waals surface area contributed by atoms with Gasteiger partial charge in [0.2, 0.25) is 0 Å². The molecule has 156 valence electrons. The molecule has 1 aromatic rings. The van der Waals surface area contributed by atoms with Crippen LogP contribution >= 0.6 is 0 Å². The lowest BCUT2D eigenvalue weighted by Crippen LogP contribution is -2.50. The predicted molar refractivity (Wildman–Crippen MR) is 111 cm³/mol. The summed E-state index contributed by atoms with van der Waals surface area (Å²) in [5, 5.41) is 0. The van der Waals surface area contributed by atoms with Crippen molar-refractivity contribution in [3.8, 4) is 0 Å². The van der Waals surface area contributed by atoms with Gasteiger partial charge in [0, 0.05) is 45.5 Å². The second-order valence-corrected chi connectivity index (χ2v) is 10.6. The molecule has 0 atom stereocenters. The molecule has 2 fully saturated rings. The largest absolute Gasteiger partial charge is 0.444 e. The number of hydrogen-bond acceptors (Lipinski definition) is 6. The summed E-state index contributed by atoms with van der Waals surface area (Å²) >= 11 is 0. The molecule has 1 amide bonds. The summed E-state index contributed by atoms with van der Waals surface area (Å²) in [4.78, 5) is 18.9. The number of anilines is 2. The van der Waals surface area contributed by atoms with Crippen LogP contribution in [0.25, 0.3) is 0 Å². The average molecular weight is 410 g/mol. The summed E-state index contributed by atoms with van der Waals surface area (Å²) in [7, 11) is -3.25. The van der Waals surface area contributed by atoms with Gasteiger partial charge < -0.3 is 19.4 Å². The Balaban J connectivity index is 1.78. The van der Waals surface area contributed by atoms with Crippen molar-refractivity contribution < 1.29 is 17.9 Å². The fraction of sp³-hybridized carbons (Fsp3) is 0.650. The van der Waals surface area contributed by atoms with Gasteiger partial charge in [0.05, 0.1) is 16.3 Å². The molecule has 0 aliphatic carbocycles. The van der Waals surface area contributed by atoms with E-state index in [1.54, 1.807) is 17.0 Å². The van der Waals surface area contributed by atoms with E-state index in [1.165, 1.54) is 6.26 Å². The van der Waals surface area contributed by atoms with Gasteiger partial charge >= 0.3 is 6.09 Å². The number of carbonyl (C=O) groups excluding carboxylic acids is 1. The van der Waals surface area contributed by atoms with Crippen molar-refractivity contribution in [2.24, 2.45) is 0 Å². The second-order valence-electron chi connectivity index (χ2n) is 8.57. The zero-order valence-electron chi connectivity index (χ0n) is 17.3. The van der Waals surface area contributed by atoms with Crippen LogP contribution in [0.15, 0.2) is 23.1 Å². The van der Waals surface area contributed by atoms with Crippen LogP contribution in [0.4, 0.5) is 16.2 Å². The van der Waals surface area contributed by atoms with E-state index in [0.717, 1.165) is 37.3 Å². The maximum Gasteiger partial charge on any atom is 0.410 e. The number of piperazine rings is 1. The molecule has 1 aromatic carbocycles. The van der Waals surface area contributed by atoms with Gasteiger partial charge in [0.25, 0.3) is 0 Å². The molecule has 2 saturated heterocycles. The highest BCUT2D eigenvalue weighted by atomic mass is 32.2. The van der Waals surface area contributed by atoms with Crippen molar-refractivity contribution in [1.29, 1.82) is 0 Å². The van der Waals surface area contributed by atoms with E-state index in [0.29, 0.717) is 31.1 Å². The van der Waals surface area contributed by atoms with Gasteiger partial charge in [-0.3, -0.25) is 0 Å². The van der Waals surface area contributed by atoms with Gasteiger partial charge in [0.1, 0.15) is 5.60 Å². The van der Waals surface area contributed by atoms with E-state index < -0.39 is 15.4 Å². The number of nitrogens with zero attached hydrogens (tertiary/aromatic N) is 3. The van der Waals surface area contributed by atoms with Crippen molar-refractivity contribution in [2.45, 2.75) is 44.1 Å². The first kappa shape index (κ1) is 20.8. The van der Waals surface area contributed by atoms with E-state index in [-0.39, 0.29) is 6.09 Å². The molecule has 2 aliphatic rings. The van der Waals surface area contributed by atoms with Crippen LogP contribution in [-0.2, 0) is 14.6 Å². The number of ether oxygens (including phenoxy) is 1. The first-order valence-corrected chi connectivity index (χ1v) is 11.8. The van der Waals surface area contributed by atoms with Gasteiger partial charge in [-0.15, -0.1) is 0 Å². The SMILES string of the molecule is CC(C)(C)OC(=O)N1CCN(c2ccc(S(C)(=O)=O)cc2N2CCCC2)CC1. The van der Waals surface area contributed by atoms with E-state index in [2.05, 4.69) is 9.80 Å². The smallest absolute Gasteiger partial charge is 0.410 e. The summed E-state index contributed by atoms with van der Waals surface area (Å²) in [6, 6.07) is 5.40. The molecule has 0 aromatic heterocycles. The molecule has 3 rings (SSSR count). The van der Waals surface area contributed by atoms with Gasteiger partial charge in [-0.2, -0.15) is 0 Å². The summed E-state index contributed by atoms with van der Waals surface area (Å²) < 4.78 is 29.5. The van der Waals surface area contributed by atoms with E-state index in [9.17, 15) is 13.2 Å². The maximum absolute atomic E-state index is 12.3. The number of benzene rings is 1. The van der Waals surface area contributed by atoms with E-state index >= 15 is 0 Å². The van der Waals surface area contributed by atoms with Crippen molar-refractivity contribution in [3.05, 3.63) is 18.2 Å². The Hall–Kier alpha value is -1.96. The molecule has 2 aliphatic heterocycles. The zero-order chi connectivity index (χ0) is 20.5. The highest BCUT2D eigenvalue weighted by molar-refractivity contribution is 7.90. The number of rotatable bonds is 3. The van der Waals surface area contributed by atoms with Crippen LogP contribution in [0.3, 0.4) is 0 Å². The lowest BCUT2D eigenvalue weighted by molar-refractivity contribution is 0.0240. The fourth-order valence-corrected chi connectivity index (χ4v) is 4.31. The van der Waals surface area contributed by atoms with Gasteiger partial charge in [-0.1, -0.05) is 0 Å². The lowest BCUT2D eigenvalue weighted by Gasteiger charge is -2.38. The summed E-state index contributed by atoms with van der Waals surface area (Å²) in [5.74, 6) is 0. The van der Waals surface area contributed by atoms with Gasteiger partial charge in [0.15, 0.2) is 9.84 Å². The molecule has 28 heavy (non-hydrogen) atoms. The van der Waals surface area contributed by atoms with Crippen LogP contribution in [-0.4, -0.2) is 70.5 Å². The molecule has 0 bridgehead atoms. The van der Waals surface area contributed by atoms with Crippen molar-refractivity contribution >= 4 is 27.3 Å². The van der Waals surface area contributed by atoms with Crippen LogP contribution < -0.4 is 9.80 Å². The monoisotopic (exact) mass is 409 g/mol.